The molecule has 0 aliphatic heterocycles. The predicted octanol–water partition coefficient (Wildman–Crippen LogP) is 23.5. The summed E-state index contributed by atoms with van der Waals surface area (Å²) < 4.78 is 16.9. The molecule has 0 aromatic heterocycles. The third-order valence-corrected chi connectivity index (χ3v) is 14.1. The first-order valence-corrected chi connectivity index (χ1v) is 33.8. The van der Waals surface area contributed by atoms with Gasteiger partial charge in [-0.1, -0.05) is 282 Å². The van der Waals surface area contributed by atoms with Crippen LogP contribution in [0.1, 0.15) is 297 Å². The number of rotatable bonds is 60. The van der Waals surface area contributed by atoms with Crippen molar-refractivity contribution in [1.29, 1.82) is 0 Å². The molecule has 82 heavy (non-hydrogen) atoms. The van der Waals surface area contributed by atoms with Gasteiger partial charge in [0.15, 0.2) is 6.10 Å². The van der Waals surface area contributed by atoms with Crippen LogP contribution in [0, 0.1) is 0 Å². The van der Waals surface area contributed by atoms with Gasteiger partial charge in [-0.25, -0.2) is 0 Å². The average molecular weight is 1130 g/mol. The molecule has 0 aromatic carbocycles. The molecular formula is C76H124O6. The molecule has 0 radical (unpaired) electrons. The number of carbonyl (C=O) groups is 3. The van der Waals surface area contributed by atoms with Crippen molar-refractivity contribution in [3.05, 3.63) is 146 Å². The minimum absolute atomic E-state index is 0.0899. The quantitative estimate of drug-likeness (QED) is 0.0261. The van der Waals surface area contributed by atoms with E-state index < -0.39 is 6.10 Å². The van der Waals surface area contributed by atoms with E-state index in [1.165, 1.54) is 109 Å². The molecule has 0 fully saturated rings. The van der Waals surface area contributed by atoms with Gasteiger partial charge in [0.05, 0.1) is 0 Å². The maximum absolute atomic E-state index is 12.9. The van der Waals surface area contributed by atoms with Gasteiger partial charge in [-0.3, -0.25) is 14.4 Å². The zero-order valence-corrected chi connectivity index (χ0v) is 53.2. The second-order valence-corrected chi connectivity index (χ2v) is 22.0. The highest BCUT2D eigenvalue weighted by molar-refractivity contribution is 5.71. The molecule has 0 saturated heterocycles. The van der Waals surface area contributed by atoms with Gasteiger partial charge in [-0.15, -0.1) is 0 Å². The molecule has 464 valence electrons. The zero-order valence-electron chi connectivity index (χ0n) is 53.2. The molecule has 0 aliphatic carbocycles. The van der Waals surface area contributed by atoms with E-state index in [0.29, 0.717) is 19.3 Å². The van der Waals surface area contributed by atoms with Crippen LogP contribution < -0.4 is 0 Å². The Hall–Kier alpha value is -4.71. The lowest BCUT2D eigenvalue weighted by Crippen LogP contribution is -2.30. The van der Waals surface area contributed by atoms with Gasteiger partial charge in [0.25, 0.3) is 0 Å². The molecular weight excluding hydrogens is 1010 g/mol. The van der Waals surface area contributed by atoms with Gasteiger partial charge in [-0.05, 0) is 141 Å². The Kier molecular flexibility index (Phi) is 64.8. The standard InChI is InChI=1S/C76H124O6/c1-4-7-10-13-16-19-22-25-27-29-30-31-32-33-34-35-36-37-38-39-40-41-42-43-44-45-46-48-49-51-54-57-60-63-66-69-75(78)81-72-73(71-80-74(77)68-65-62-59-56-53-24-21-18-15-12-9-6-3)82-76(79)70-67-64-61-58-55-52-50-47-28-26-23-20-17-14-11-8-5-2/h7-8,10-11,16-21,25-28,30-31,33-34,36-37,39-40,42-43,73H,4-6,9,12-15,22-24,29,32,35,38,41,44-72H2,1-3H3/b10-7-,11-8-,19-16-,20-17-,21-18-,27-25-,28-26-,31-30-,34-33-,37-36-,40-39-,43-42-. The Labute approximate surface area is 506 Å². The summed E-state index contributed by atoms with van der Waals surface area (Å²) in [6.07, 6.45) is 98.7. The van der Waals surface area contributed by atoms with E-state index in [4.69, 9.17) is 14.2 Å². The van der Waals surface area contributed by atoms with Crippen molar-refractivity contribution >= 4 is 17.9 Å². The van der Waals surface area contributed by atoms with Crippen molar-refractivity contribution in [3.8, 4) is 0 Å². The van der Waals surface area contributed by atoms with Gasteiger partial charge in [0.2, 0.25) is 0 Å². The van der Waals surface area contributed by atoms with Crippen LogP contribution >= 0.6 is 0 Å². The van der Waals surface area contributed by atoms with Crippen molar-refractivity contribution in [2.75, 3.05) is 13.2 Å². The zero-order chi connectivity index (χ0) is 59.2. The van der Waals surface area contributed by atoms with Crippen molar-refractivity contribution in [1.82, 2.24) is 0 Å². The fourth-order valence-electron chi connectivity index (χ4n) is 9.06. The first kappa shape index (κ1) is 77.3. The van der Waals surface area contributed by atoms with Crippen LogP contribution in [0.15, 0.2) is 146 Å². The second-order valence-electron chi connectivity index (χ2n) is 22.0. The van der Waals surface area contributed by atoms with Crippen molar-refractivity contribution in [2.24, 2.45) is 0 Å². The lowest BCUT2D eigenvalue weighted by molar-refractivity contribution is -0.167. The van der Waals surface area contributed by atoms with Crippen LogP contribution in [0.5, 0.6) is 0 Å². The second kappa shape index (κ2) is 68.8. The fourth-order valence-corrected chi connectivity index (χ4v) is 9.06. The summed E-state index contributed by atoms with van der Waals surface area (Å²) in [7, 11) is 0. The van der Waals surface area contributed by atoms with Gasteiger partial charge >= 0.3 is 17.9 Å². The Morgan fingerprint density at radius 3 is 0.756 bits per heavy atom. The summed E-state index contributed by atoms with van der Waals surface area (Å²) in [5, 5.41) is 0. The summed E-state index contributed by atoms with van der Waals surface area (Å²) in [6, 6.07) is 0. The molecule has 0 aromatic rings. The molecule has 1 unspecified atom stereocenters. The molecule has 0 heterocycles. The van der Waals surface area contributed by atoms with Gasteiger partial charge < -0.3 is 14.2 Å². The minimum atomic E-state index is -0.794. The predicted molar refractivity (Wildman–Crippen MR) is 357 cm³/mol. The number of allylic oxidation sites excluding steroid dienone is 24. The molecule has 0 amide bonds. The number of hydrogen-bond acceptors (Lipinski definition) is 6. The summed E-state index contributed by atoms with van der Waals surface area (Å²) in [6.45, 7) is 6.38. The Balaban J connectivity index is 4.24. The van der Waals surface area contributed by atoms with E-state index in [-0.39, 0.29) is 31.1 Å². The highest BCUT2D eigenvalue weighted by atomic mass is 16.6. The third kappa shape index (κ3) is 66.1. The Morgan fingerprint density at radius 2 is 0.476 bits per heavy atom. The smallest absolute Gasteiger partial charge is 0.306 e. The fraction of sp³-hybridized carbons (Fsp3) is 0.645. The van der Waals surface area contributed by atoms with E-state index in [9.17, 15) is 14.4 Å². The van der Waals surface area contributed by atoms with Crippen LogP contribution in [0.25, 0.3) is 0 Å². The molecule has 0 spiro atoms. The van der Waals surface area contributed by atoms with E-state index >= 15 is 0 Å². The van der Waals surface area contributed by atoms with E-state index in [2.05, 4.69) is 167 Å². The van der Waals surface area contributed by atoms with Crippen LogP contribution in [-0.2, 0) is 28.6 Å². The molecule has 1 atom stereocenters. The first-order valence-electron chi connectivity index (χ1n) is 33.8. The molecule has 6 nitrogen and oxygen atoms in total. The topological polar surface area (TPSA) is 78.9 Å². The molecule has 0 aliphatic rings. The maximum atomic E-state index is 12.9. The highest BCUT2D eigenvalue weighted by Crippen LogP contribution is 2.15. The number of unbranched alkanes of at least 4 members (excludes halogenated alkanes) is 25. The van der Waals surface area contributed by atoms with E-state index in [1.807, 2.05) is 0 Å². The molecule has 0 saturated carbocycles. The van der Waals surface area contributed by atoms with Gasteiger partial charge in [0.1, 0.15) is 13.2 Å². The summed E-state index contributed by atoms with van der Waals surface area (Å²) in [5.41, 5.74) is 0. The Bertz CT molecular complexity index is 1780. The summed E-state index contributed by atoms with van der Waals surface area (Å²) >= 11 is 0. The Morgan fingerprint density at radius 1 is 0.256 bits per heavy atom. The van der Waals surface area contributed by atoms with E-state index in [1.54, 1.807) is 0 Å². The summed E-state index contributed by atoms with van der Waals surface area (Å²) in [5.74, 6) is -0.910. The monoisotopic (exact) mass is 1130 g/mol. The molecule has 6 heteroatoms. The van der Waals surface area contributed by atoms with Gasteiger partial charge in [-0.2, -0.15) is 0 Å². The number of esters is 3. The SMILES string of the molecule is CC/C=C\C/C=C\C/C=C\C/C=C\C/C=C\C/C=C\C/C=C\C/C=C\CCCCCCCCCCCCC(=O)OCC(COC(=O)CCCCCCC/C=C\CCCCC)OC(=O)CCCCCCCCC/C=C\C/C=C\C/C=C\CC. The molecule has 0 bridgehead atoms. The lowest BCUT2D eigenvalue weighted by Gasteiger charge is -2.18. The van der Waals surface area contributed by atoms with Crippen molar-refractivity contribution in [2.45, 2.75) is 303 Å². The van der Waals surface area contributed by atoms with Crippen LogP contribution in [0.4, 0.5) is 0 Å². The number of hydrogen-bond donors (Lipinski definition) is 0. The van der Waals surface area contributed by atoms with Crippen molar-refractivity contribution < 1.29 is 28.6 Å². The average Bonchev–Trinajstić information content (AvgIpc) is 3.47. The van der Waals surface area contributed by atoms with Crippen LogP contribution in [0.3, 0.4) is 0 Å². The van der Waals surface area contributed by atoms with Crippen molar-refractivity contribution in [3.63, 3.8) is 0 Å². The van der Waals surface area contributed by atoms with Crippen LogP contribution in [0.2, 0.25) is 0 Å². The third-order valence-electron chi connectivity index (χ3n) is 14.1. The summed E-state index contributed by atoms with van der Waals surface area (Å²) in [4.78, 5) is 38.3. The van der Waals surface area contributed by atoms with E-state index in [0.717, 1.165) is 148 Å². The van der Waals surface area contributed by atoms with Crippen LogP contribution in [-0.4, -0.2) is 37.2 Å². The first-order chi connectivity index (χ1) is 40.5. The molecule has 0 rings (SSSR count). The van der Waals surface area contributed by atoms with Gasteiger partial charge in [0, 0.05) is 19.3 Å². The largest absolute Gasteiger partial charge is 0.462 e. The minimum Gasteiger partial charge on any atom is -0.462 e. The lowest BCUT2D eigenvalue weighted by atomic mass is 10.1. The normalized spacial score (nSPS) is 13.1. The maximum Gasteiger partial charge on any atom is 0.306 e. The number of ether oxygens (including phenoxy) is 3. The highest BCUT2D eigenvalue weighted by Gasteiger charge is 2.19. The number of carbonyl (C=O) groups excluding carboxylic acids is 3. The molecule has 0 N–H and O–H groups in total.